The number of hydrogen-bond donors (Lipinski definition) is 1. The number of benzene rings is 1. The van der Waals surface area contributed by atoms with E-state index in [0.717, 1.165) is 0 Å². The molecule has 0 atom stereocenters. The number of hydrogen-bond acceptors (Lipinski definition) is 1. The summed E-state index contributed by atoms with van der Waals surface area (Å²) in [6.45, 7) is 0. The van der Waals surface area contributed by atoms with Crippen LogP contribution in [0, 0.1) is 6.07 Å². The molecule has 0 unspecified atom stereocenters. The second kappa shape index (κ2) is 4.09. The maximum atomic E-state index is 10.2. The van der Waals surface area contributed by atoms with Gasteiger partial charge in [0.25, 0.3) is 0 Å². The third-order valence-corrected chi connectivity index (χ3v) is 0.939. The SMILES string of the molecule is O=C(O)c1[c-]cccc1.[Mn]. The number of carbonyl (C=O) groups is 1. The molecule has 53 valence electrons. The first-order chi connectivity index (χ1) is 4.30. The van der Waals surface area contributed by atoms with E-state index >= 15 is 0 Å². The second-order valence-electron chi connectivity index (χ2n) is 1.58. The Kier molecular flexibility index (Phi) is 3.77. The molecule has 0 fully saturated rings. The second-order valence-corrected chi connectivity index (χ2v) is 1.58. The van der Waals surface area contributed by atoms with Crippen molar-refractivity contribution in [3.63, 3.8) is 0 Å². The number of carboxylic acids is 1. The standard InChI is InChI=1S/C7H5O2.Mn/c8-7(9)6-4-2-1-3-5-6;/h1-4H,(H,8,9);/q-1;. The zero-order chi connectivity index (χ0) is 6.69. The van der Waals surface area contributed by atoms with Gasteiger partial charge in [-0.1, -0.05) is 5.56 Å². The van der Waals surface area contributed by atoms with E-state index in [4.69, 9.17) is 5.11 Å². The minimum absolute atomic E-state index is 0. The first kappa shape index (κ1) is 9.21. The van der Waals surface area contributed by atoms with E-state index in [1.165, 1.54) is 6.07 Å². The van der Waals surface area contributed by atoms with Crippen LogP contribution in [0.2, 0.25) is 0 Å². The quantitative estimate of drug-likeness (QED) is 0.515. The van der Waals surface area contributed by atoms with Crippen molar-refractivity contribution in [1.82, 2.24) is 0 Å². The Hall–Kier alpha value is -0.791. The molecular weight excluding hydrogens is 171 g/mol. The molecule has 0 aromatic heterocycles. The van der Waals surface area contributed by atoms with Crippen LogP contribution in [-0.2, 0) is 17.1 Å². The van der Waals surface area contributed by atoms with Gasteiger partial charge in [-0.2, -0.15) is 0 Å². The molecule has 0 saturated heterocycles. The van der Waals surface area contributed by atoms with E-state index in [1.807, 2.05) is 0 Å². The number of aromatic carboxylic acids is 1. The fourth-order valence-electron chi connectivity index (χ4n) is 0.526. The molecule has 10 heavy (non-hydrogen) atoms. The van der Waals surface area contributed by atoms with Gasteiger partial charge in [-0.3, -0.25) is 0 Å². The van der Waals surface area contributed by atoms with E-state index in [0.29, 0.717) is 0 Å². The van der Waals surface area contributed by atoms with Crippen molar-refractivity contribution in [1.29, 1.82) is 0 Å². The van der Waals surface area contributed by atoms with Gasteiger partial charge in [0.15, 0.2) is 0 Å². The van der Waals surface area contributed by atoms with E-state index in [2.05, 4.69) is 6.07 Å². The van der Waals surface area contributed by atoms with Crippen LogP contribution in [0.4, 0.5) is 0 Å². The van der Waals surface area contributed by atoms with Gasteiger partial charge in [0.05, 0.1) is 0 Å². The van der Waals surface area contributed by atoms with Crippen LogP contribution >= 0.6 is 0 Å². The van der Waals surface area contributed by atoms with E-state index < -0.39 is 5.97 Å². The van der Waals surface area contributed by atoms with Crippen molar-refractivity contribution in [2.24, 2.45) is 0 Å². The van der Waals surface area contributed by atoms with E-state index in [1.54, 1.807) is 18.2 Å². The van der Waals surface area contributed by atoms with Crippen molar-refractivity contribution in [3.8, 4) is 0 Å². The molecule has 0 bridgehead atoms. The molecule has 0 spiro atoms. The predicted octanol–water partition coefficient (Wildman–Crippen LogP) is 1.18. The van der Waals surface area contributed by atoms with Crippen LogP contribution in [0.15, 0.2) is 24.3 Å². The van der Waals surface area contributed by atoms with Crippen LogP contribution in [-0.4, -0.2) is 11.1 Å². The fraction of sp³-hybridized carbons (Fsp3) is 0. The van der Waals surface area contributed by atoms with Crippen LogP contribution in [0.25, 0.3) is 0 Å². The Balaban J connectivity index is 0.000000810. The molecule has 1 N–H and O–H groups in total. The third kappa shape index (κ3) is 2.21. The summed E-state index contributed by atoms with van der Waals surface area (Å²) >= 11 is 0. The van der Waals surface area contributed by atoms with Crippen LogP contribution in [0.3, 0.4) is 0 Å². The van der Waals surface area contributed by atoms with Crippen molar-refractivity contribution in [2.75, 3.05) is 0 Å². The average Bonchev–Trinajstić information content (AvgIpc) is 1.90. The monoisotopic (exact) mass is 176 g/mol. The molecule has 1 rings (SSSR count). The summed E-state index contributed by atoms with van der Waals surface area (Å²) in [6, 6.07) is 9.04. The molecule has 0 aliphatic heterocycles. The van der Waals surface area contributed by atoms with Gasteiger partial charge >= 0.3 is 0 Å². The maximum Gasteiger partial charge on any atom is 0.247 e. The molecule has 3 heteroatoms. The Labute approximate surface area is 69.3 Å². The van der Waals surface area contributed by atoms with Crippen LogP contribution in [0.1, 0.15) is 10.4 Å². The van der Waals surface area contributed by atoms with E-state index in [9.17, 15) is 4.79 Å². The largest absolute Gasteiger partial charge is 0.521 e. The first-order valence-electron chi connectivity index (χ1n) is 2.51. The molecule has 0 aliphatic rings. The zero-order valence-electron chi connectivity index (χ0n) is 5.04. The molecular formula is C7H5MnO2-. The Morgan fingerprint density at radius 3 is 2.50 bits per heavy atom. The summed E-state index contributed by atoms with van der Waals surface area (Å²) in [4.78, 5) is 10.2. The van der Waals surface area contributed by atoms with E-state index in [-0.39, 0.29) is 22.6 Å². The summed E-state index contributed by atoms with van der Waals surface area (Å²) in [5.74, 6) is -0.935. The van der Waals surface area contributed by atoms with Gasteiger partial charge in [-0.25, -0.2) is 0 Å². The number of carboxylic acid groups (broad SMARTS) is 1. The Morgan fingerprint density at radius 1 is 1.50 bits per heavy atom. The molecule has 0 amide bonds. The summed E-state index contributed by atoms with van der Waals surface area (Å²) in [6.07, 6.45) is 0. The van der Waals surface area contributed by atoms with Gasteiger partial charge in [-0.15, -0.1) is 30.3 Å². The predicted molar refractivity (Wildman–Crippen MR) is 32.2 cm³/mol. The van der Waals surface area contributed by atoms with Crippen LogP contribution in [0.5, 0.6) is 0 Å². The maximum absolute atomic E-state index is 10.2. The first-order valence-corrected chi connectivity index (χ1v) is 2.51. The zero-order valence-corrected chi connectivity index (χ0v) is 6.22. The van der Waals surface area contributed by atoms with Crippen molar-refractivity contribution >= 4 is 5.97 Å². The number of rotatable bonds is 1. The normalized spacial score (nSPS) is 8.00. The van der Waals surface area contributed by atoms with Gasteiger partial charge in [0.1, 0.15) is 0 Å². The topological polar surface area (TPSA) is 37.3 Å². The molecule has 1 aromatic carbocycles. The van der Waals surface area contributed by atoms with Gasteiger partial charge < -0.3 is 9.90 Å². The molecule has 2 nitrogen and oxygen atoms in total. The third-order valence-electron chi connectivity index (χ3n) is 0.939. The van der Waals surface area contributed by atoms with Gasteiger partial charge in [0.2, 0.25) is 5.97 Å². The fourth-order valence-corrected chi connectivity index (χ4v) is 0.526. The molecule has 1 aromatic rings. The summed E-state index contributed by atoms with van der Waals surface area (Å²) in [5, 5.41) is 8.35. The minimum Gasteiger partial charge on any atom is -0.521 e. The average molecular weight is 176 g/mol. The Morgan fingerprint density at radius 2 is 2.20 bits per heavy atom. The minimum atomic E-state index is -0.935. The summed E-state index contributed by atoms with van der Waals surface area (Å²) in [7, 11) is 0. The summed E-state index contributed by atoms with van der Waals surface area (Å²) in [5.41, 5.74) is 0.206. The van der Waals surface area contributed by atoms with Crippen molar-refractivity contribution in [2.45, 2.75) is 0 Å². The molecule has 1 radical (unpaired) electrons. The Bertz CT molecular complexity index is 208. The smallest absolute Gasteiger partial charge is 0.247 e. The molecule has 0 heterocycles. The van der Waals surface area contributed by atoms with Gasteiger partial charge in [0, 0.05) is 17.1 Å². The van der Waals surface area contributed by atoms with Crippen molar-refractivity contribution in [3.05, 3.63) is 35.9 Å². The molecule has 0 saturated carbocycles. The van der Waals surface area contributed by atoms with Crippen molar-refractivity contribution < 1.29 is 27.0 Å². The molecule has 0 aliphatic carbocycles. The van der Waals surface area contributed by atoms with Crippen LogP contribution < -0.4 is 0 Å². The summed E-state index contributed by atoms with van der Waals surface area (Å²) < 4.78 is 0. The van der Waals surface area contributed by atoms with Gasteiger partial charge in [-0.05, 0) is 0 Å².